The number of ether oxygens (including phenoxy) is 2. The van der Waals surface area contributed by atoms with Crippen molar-refractivity contribution in [1.29, 1.82) is 0 Å². The number of benzene rings is 1. The SMILES string of the molecule is O=C(CCCCCCOc1cc(CN(Cc2cccc(C(=O)O)n2)Cc2cccc(C(=O)O)n2)nc(CN(Cc2cccc(C(=O)O)n2)Cc2cccc(C(=O)O)n2)c1)Oc1c(F)c(F)cc(F)c1F. The fourth-order valence-corrected chi connectivity index (χ4v) is 7.04. The molecule has 0 radical (unpaired) electrons. The highest BCUT2D eigenvalue weighted by Crippen LogP contribution is 2.27. The summed E-state index contributed by atoms with van der Waals surface area (Å²) in [5, 5.41) is 38.5. The van der Waals surface area contributed by atoms with Gasteiger partial charge in [0, 0.05) is 63.9 Å². The topological polar surface area (TPSA) is 256 Å². The maximum absolute atomic E-state index is 14.0. The predicted octanol–water partition coefficient (Wildman–Crippen LogP) is 7.35. The van der Waals surface area contributed by atoms with Crippen LogP contribution in [0.5, 0.6) is 11.5 Å². The summed E-state index contributed by atoms with van der Waals surface area (Å²) in [4.78, 5) is 85.1. The zero-order chi connectivity index (χ0) is 50.3. The molecular weight excluding hydrogens is 927 g/mol. The van der Waals surface area contributed by atoms with Crippen LogP contribution < -0.4 is 9.47 Å². The first-order chi connectivity index (χ1) is 33.5. The minimum atomic E-state index is -1.83. The number of carboxylic acids is 4. The average Bonchev–Trinajstić information content (AvgIpc) is 3.32. The molecule has 5 heterocycles. The number of carbonyl (C=O) groups is 5. The third kappa shape index (κ3) is 14.9. The summed E-state index contributed by atoms with van der Waals surface area (Å²) in [5.74, 6) is -14.3. The van der Waals surface area contributed by atoms with Crippen molar-refractivity contribution in [2.24, 2.45) is 0 Å². The van der Waals surface area contributed by atoms with Gasteiger partial charge in [0.25, 0.3) is 0 Å². The van der Waals surface area contributed by atoms with Crippen LogP contribution in [0, 0.1) is 23.3 Å². The van der Waals surface area contributed by atoms with Crippen molar-refractivity contribution in [3.8, 4) is 11.5 Å². The highest BCUT2D eigenvalue weighted by Gasteiger charge is 2.23. The quantitative estimate of drug-likeness (QED) is 0.0144. The Morgan fingerprint density at radius 1 is 0.457 bits per heavy atom. The highest BCUT2D eigenvalue weighted by molar-refractivity contribution is 5.86. The fraction of sp³-hybridized carbons (Fsp3) is 0.250. The lowest BCUT2D eigenvalue weighted by molar-refractivity contribution is -0.135. The van der Waals surface area contributed by atoms with E-state index in [0.717, 1.165) is 0 Å². The number of pyridine rings is 5. The first kappa shape index (κ1) is 51.2. The Morgan fingerprint density at radius 2 is 0.814 bits per heavy atom. The maximum atomic E-state index is 14.0. The first-order valence-corrected chi connectivity index (χ1v) is 21.4. The second-order valence-corrected chi connectivity index (χ2v) is 15.6. The fourth-order valence-electron chi connectivity index (χ4n) is 7.04. The van der Waals surface area contributed by atoms with Gasteiger partial charge < -0.3 is 29.9 Å². The molecule has 6 aromatic rings. The van der Waals surface area contributed by atoms with E-state index in [1.807, 2.05) is 9.80 Å². The minimum absolute atomic E-state index is 0.000261. The Hall–Kier alpha value is -8.24. The molecule has 70 heavy (non-hydrogen) atoms. The van der Waals surface area contributed by atoms with E-state index in [2.05, 4.69) is 24.7 Å². The summed E-state index contributed by atoms with van der Waals surface area (Å²) in [6, 6.07) is 21.4. The molecule has 18 nitrogen and oxygen atoms in total. The van der Waals surface area contributed by atoms with Crippen molar-refractivity contribution in [3.63, 3.8) is 0 Å². The number of esters is 1. The smallest absolute Gasteiger partial charge is 0.354 e. The second-order valence-electron chi connectivity index (χ2n) is 15.6. The number of aromatic nitrogens is 5. The zero-order valence-electron chi connectivity index (χ0n) is 36.9. The third-order valence-electron chi connectivity index (χ3n) is 10.2. The molecule has 0 amide bonds. The molecule has 0 bridgehead atoms. The van der Waals surface area contributed by atoms with Crippen molar-refractivity contribution in [2.45, 2.75) is 71.4 Å². The molecule has 0 saturated heterocycles. The monoisotopic (exact) mass is 969 g/mol. The number of aromatic carboxylic acids is 4. The molecule has 364 valence electrons. The molecule has 0 saturated carbocycles. The van der Waals surface area contributed by atoms with Crippen molar-refractivity contribution < 1.29 is 71.4 Å². The van der Waals surface area contributed by atoms with Gasteiger partial charge in [0.1, 0.15) is 28.5 Å². The molecule has 0 spiro atoms. The maximum Gasteiger partial charge on any atom is 0.354 e. The lowest BCUT2D eigenvalue weighted by Gasteiger charge is -2.24. The zero-order valence-corrected chi connectivity index (χ0v) is 36.9. The summed E-state index contributed by atoms with van der Waals surface area (Å²) in [7, 11) is 0. The van der Waals surface area contributed by atoms with Crippen LogP contribution in [0.15, 0.2) is 91.0 Å². The summed E-state index contributed by atoms with van der Waals surface area (Å²) in [6.45, 7) is 0.487. The van der Waals surface area contributed by atoms with Crippen LogP contribution in [0.4, 0.5) is 17.6 Å². The number of carbonyl (C=O) groups excluding carboxylic acids is 1. The van der Waals surface area contributed by atoms with E-state index in [-0.39, 0.29) is 87.6 Å². The second kappa shape index (κ2) is 24.2. The van der Waals surface area contributed by atoms with Crippen LogP contribution in [-0.2, 0) is 44.1 Å². The van der Waals surface area contributed by atoms with E-state index in [0.29, 0.717) is 59.2 Å². The lowest BCUT2D eigenvalue weighted by atomic mass is 10.1. The summed E-state index contributed by atoms with van der Waals surface area (Å²) in [5.41, 5.74) is 1.55. The molecular formula is C48H43F4N7O11. The normalized spacial score (nSPS) is 11.2. The van der Waals surface area contributed by atoms with Gasteiger partial charge in [0.15, 0.2) is 11.6 Å². The summed E-state index contributed by atoms with van der Waals surface area (Å²) >= 11 is 0. The Balaban J connectivity index is 1.25. The number of unbranched alkanes of at least 4 members (excludes halogenated alkanes) is 3. The van der Waals surface area contributed by atoms with E-state index in [9.17, 15) is 62.0 Å². The van der Waals surface area contributed by atoms with Crippen LogP contribution in [-0.4, -0.2) is 91.6 Å². The molecule has 4 N–H and O–H groups in total. The molecule has 0 fully saturated rings. The van der Waals surface area contributed by atoms with Gasteiger partial charge in [-0.1, -0.05) is 37.1 Å². The number of nitrogens with zero attached hydrogens (tertiary/aromatic N) is 7. The number of hydrogen-bond acceptors (Lipinski definition) is 14. The van der Waals surface area contributed by atoms with Crippen LogP contribution in [0.1, 0.15) is 108 Å². The summed E-state index contributed by atoms with van der Waals surface area (Å²) < 4.78 is 65.9. The molecule has 6 rings (SSSR count). The van der Waals surface area contributed by atoms with E-state index >= 15 is 0 Å². The standard InChI is InChI=1S/C48H43F4N7O11/c49-35-21-36(50)43(52)44(42(35)51)70-41(60)17-3-1-2-4-18-69-34-19-32(26-58(22-28-9-5-13-37(54-28)45(61)62)23-29-10-6-14-38(55-29)46(63)64)53-33(20-34)27-59(24-30-11-7-15-39(56-30)47(65)66)25-31-12-8-16-40(57-31)48(67)68/h5-16,19-21H,1-4,17-18,22-27H2,(H,61,62)(H,63,64)(H,65,66)(H,67,68). The average molecular weight is 970 g/mol. The number of hydrogen-bond donors (Lipinski definition) is 4. The van der Waals surface area contributed by atoms with E-state index < -0.39 is 58.9 Å². The Labute approximate surface area is 395 Å². The number of halogens is 4. The van der Waals surface area contributed by atoms with Crippen LogP contribution in [0.3, 0.4) is 0 Å². The molecule has 22 heteroatoms. The summed E-state index contributed by atoms with van der Waals surface area (Å²) in [6.07, 6.45) is 1.29. The molecule has 1 aromatic carbocycles. The third-order valence-corrected chi connectivity index (χ3v) is 10.2. The van der Waals surface area contributed by atoms with Gasteiger partial charge in [-0.05, 0) is 61.4 Å². The van der Waals surface area contributed by atoms with Gasteiger partial charge in [0.2, 0.25) is 17.4 Å². The molecule has 0 aliphatic rings. The largest absolute Gasteiger partial charge is 0.493 e. The first-order valence-electron chi connectivity index (χ1n) is 21.4. The lowest BCUT2D eigenvalue weighted by Crippen LogP contribution is -2.26. The molecule has 0 aliphatic carbocycles. The molecule has 5 aromatic heterocycles. The van der Waals surface area contributed by atoms with Crippen molar-refractivity contribution in [1.82, 2.24) is 34.7 Å². The molecule has 0 atom stereocenters. The van der Waals surface area contributed by atoms with Crippen molar-refractivity contribution in [3.05, 3.63) is 171 Å². The van der Waals surface area contributed by atoms with Gasteiger partial charge in [-0.15, -0.1) is 0 Å². The van der Waals surface area contributed by atoms with Gasteiger partial charge in [-0.2, -0.15) is 8.78 Å². The van der Waals surface area contributed by atoms with Gasteiger partial charge in [-0.3, -0.25) is 19.6 Å². The minimum Gasteiger partial charge on any atom is -0.493 e. The van der Waals surface area contributed by atoms with Crippen LogP contribution in [0.25, 0.3) is 0 Å². The molecule has 0 aliphatic heterocycles. The van der Waals surface area contributed by atoms with Crippen molar-refractivity contribution in [2.75, 3.05) is 6.61 Å². The van der Waals surface area contributed by atoms with Gasteiger partial charge >= 0.3 is 29.8 Å². The van der Waals surface area contributed by atoms with Crippen LogP contribution >= 0.6 is 0 Å². The Kier molecular flexibility index (Phi) is 17.7. The molecule has 0 unspecified atom stereocenters. The van der Waals surface area contributed by atoms with E-state index in [1.54, 1.807) is 36.4 Å². The predicted molar refractivity (Wildman–Crippen MR) is 235 cm³/mol. The van der Waals surface area contributed by atoms with Gasteiger partial charge in [-0.25, -0.2) is 47.9 Å². The Bertz CT molecular complexity index is 2600. The van der Waals surface area contributed by atoms with E-state index in [4.69, 9.17) is 9.72 Å². The van der Waals surface area contributed by atoms with Crippen LogP contribution in [0.2, 0.25) is 0 Å². The highest BCUT2D eigenvalue weighted by atomic mass is 19.2. The number of carboxylic acid groups (broad SMARTS) is 4. The van der Waals surface area contributed by atoms with Gasteiger partial charge in [0.05, 0.1) is 40.8 Å². The van der Waals surface area contributed by atoms with Crippen molar-refractivity contribution >= 4 is 29.8 Å². The number of rotatable bonds is 25. The van der Waals surface area contributed by atoms with E-state index in [1.165, 1.54) is 48.5 Å². The Morgan fingerprint density at radius 3 is 1.19 bits per heavy atom.